The zero-order valence-corrected chi connectivity index (χ0v) is 12.3. The number of thiol groups is 1. The number of hydrogen-bond donors (Lipinski definition) is 2. The Kier molecular flexibility index (Phi) is 3.06. The fraction of sp³-hybridized carbons (Fsp3) is 0.294. The van der Waals surface area contributed by atoms with Crippen molar-refractivity contribution < 1.29 is 0 Å². The van der Waals surface area contributed by atoms with Gasteiger partial charge in [-0.25, -0.2) is 0 Å². The maximum atomic E-state index is 4.24. The van der Waals surface area contributed by atoms with Crippen molar-refractivity contribution in [3.05, 3.63) is 53.6 Å². The second-order valence-corrected chi connectivity index (χ2v) is 6.03. The molecule has 98 valence electrons. The van der Waals surface area contributed by atoms with Crippen molar-refractivity contribution in [1.29, 1.82) is 0 Å². The molecular weight excluding hydrogens is 250 g/mol. The lowest BCUT2D eigenvalue weighted by Gasteiger charge is -2.22. The average Bonchev–Trinajstić information content (AvgIpc) is 2.66. The van der Waals surface area contributed by atoms with Gasteiger partial charge in [0, 0.05) is 23.4 Å². The van der Waals surface area contributed by atoms with Crippen LogP contribution in [0.5, 0.6) is 0 Å². The Balaban J connectivity index is 2.10. The van der Waals surface area contributed by atoms with Gasteiger partial charge >= 0.3 is 0 Å². The van der Waals surface area contributed by atoms with Crippen LogP contribution in [0.4, 0.5) is 5.69 Å². The van der Waals surface area contributed by atoms with E-state index in [0.717, 1.165) is 12.3 Å². The molecule has 3 rings (SSSR count). The van der Waals surface area contributed by atoms with Crippen molar-refractivity contribution in [2.45, 2.75) is 19.3 Å². The first-order chi connectivity index (χ1) is 9.14. The minimum Gasteiger partial charge on any atom is -0.384 e. The lowest BCUT2D eigenvalue weighted by Crippen LogP contribution is -2.15. The lowest BCUT2D eigenvalue weighted by atomic mass is 9.82. The molecule has 0 fully saturated rings. The molecule has 1 aliphatic carbocycles. The summed E-state index contributed by atoms with van der Waals surface area (Å²) >= 11 is 4.24. The van der Waals surface area contributed by atoms with E-state index in [-0.39, 0.29) is 5.41 Å². The Morgan fingerprint density at radius 3 is 2.53 bits per heavy atom. The van der Waals surface area contributed by atoms with Crippen LogP contribution in [0.2, 0.25) is 0 Å². The first-order valence-corrected chi connectivity index (χ1v) is 7.37. The summed E-state index contributed by atoms with van der Waals surface area (Å²) in [5.74, 6) is 0.848. The van der Waals surface area contributed by atoms with Crippen LogP contribution in [-0.2, 0) is 5.41 Å². The summed E-state index contributed by atoms with van der Waals surface area (Å²) < 4.78 is 0. The molecule has 2 aromatic carbocycles. The topological polar surface area (TPSA) is 12.0 Å². The van der Waals surface area contributed by atoms with Gasteiger partial charge in [0.25, 0.3) is 0 Å². The molecule has 1 N–H and O–H groups in total. The standard InChI is InChI=1S/C17H19NS/c1-17(2)15-6-4-3-5-13(15)14-8-7-12(11-16(14)17)18-9-10-19/h3-8,11,18-19H,9-10H2,1-2H3. The fourth-order valence-corrected chi connectivity index (χ4v) is 3.13. The SMILES string of the molecule is CC1(C)c2ccccc2-c2ccc(NCCS)cc21. The number of rotatable bonds is 3. The van der Waals surface area contributed by atoms with Crippen molar-refractivity contribution in [1.82, 2.24) is 0 Å². The Labute approximate surface area is 120 Å². The quantitative estimate of drug-likeness (QED) is 0.790. The van der Waals surface area contributed by atoms with Gasteiger partial charge in [0.15, 0.2) is 0 Å². The second-order valence-electron chi connectivity index (χ2n) is 5.58. The smallest absolute Gasteiger partial charge is 0.0343 e. The van der Waals surface area contributed by atoms with Crippen molar-refractivity contribution >= 4 is 18.3 Å². The average molecular weight is 269 g/mol. The first-order valence-electron chi connectivity index (χ1n) is 6.74. The maximum absolute atomic E-state index is 4.24. The molecule has 1 aliphatic rings. The molecule has 0 radical (unpaired) electrons. The molecule has 0 saturated carbocycles. The zero-order chi connectivity index (χ0) is 13.5. The molecule has 0 aromatic heterocycles. The highest BCUT2D eigenvalue weighted by molar-refractivity contribution is 7.80. The van der Waals surface area contributed by atoms with E-state index in [1.54, 1.807) is 0 Å². The third-order valence-electron chi connectivity index (χ3n) is 4.02. The monoisotopic (exact) mass is 269 g/mol. The van der Waals surface area contributed by atoms with E-state index in [1.165, 1.54) is 27.9 Å². The molecule has 0 aliphatic heterocycles. The van der Waals surface area contributed by atoms with Crippen LogP contribution in [0.1, 0.15) is 25.0 Å². The van der Waals surface area contributed by atoms with E-state index in [4.69, 9.17) is 0 Å². The van der Waals surface area contributed by atoms with Gasteiger partial charge in [-0.2, -0.15) is 12.6 Å². The molecule has 2 aromatic rings. The predicted octanol–water partition coefficient (Wildman–Crippen LogP) is 4.33. The van der Waals surface area contributed by atoms with E-state index >= 15 is 0 Å². The molecule has 0 bridgehead atoms. The third kappa shape index (κ3) is 1.95. The largest absolute Gasteiger partial charge is 0.384 e. The van der Waals surface area contributed by atoms with Crippen molar-refractivity contribution in [2.75, 3.05) is 17.6 Å². The molecule has 0 heterocycles. The van der Waals surface area contributed by atoms with Crippen LogP contribution in [0.25, 0.3) is 11.1 Å². The summed E-state index contributed by atoms with van der Waals surface area (Å²) in [5, 5.41) is 3.41. The summed E-state index contributed by atoms with van der Waals surface area (Å²) in [7, 11) is 0. The van der Waals surface area contributed by atoms with Gasteiger partial charge in [-0.05, 0) is 34.4 Å². The Bertz CT molecular complexity index is 616. The van der Waals surface area contributed by atoms with Crippen molar-refractivity contribution in [3.8, 4) is 11.1 Å². The van der Waals surface area contributed by atoms with Gasteiger partial charge in [0.2, 0.25) is 0 Å². The minimum atomic E-state index is 0.0879. The molecule has 19 heavy (non-hydrogen) atoms. The number of hydrogen-bond acceptors (Lipinski definition) is 2. The Morgan fingerprint density at radius 2 is 1.74 bits per heavy atom. The predicted molar refractivity (Wildman–Crippen MR) is 86.3 cm³/mol. The molecule has 0 saturated heterocycles. The van der Waals surface area contributed by atoms with Crippen molar-refractivity contribution in [2.24, 2.45) is 0 Å². The third-order valence-corrected chi connectivity index (χ3v) is 4.25. The summed E-state index contributed by atoms with van der Waals surface area (Å²) in [6.07, 6.45) is 0. The van der Waals surface area contributed by atoms with Gasteiger partial charge in [0.1, 0.15) is 0 Å². The molecule has 2 heteroatoms. The minimum absolute atomic E-state index is 0.0879. The van der Waals surface area contributed by atoms with Crippen LogP contribution < -0.4 is 5.32 Å². The van der Waals surface area contributed by atoms with Gasteiger partial charge in [-0.15, -0.1) is 0 Å². The molecule has 0 spiro atoms. The second kappa shape index (κ2) is 4.61. The Morgan fingerprint density at radius 1 is 1.00 bits per heavy atom. The highest BCUT2D eigenvalue weighted by atomic mass is 32.1. The van der Waals surface area contributed by atoms with Gasteiger partial charge in [-0.3, -0.25) is 0 Å². The number of fused-ring (bicyclic) bond motifs is 3. The molecule has 1 nitrogen and oxygen atoms in total. The summed E-state index contributed by atoms with van der Waals surface area (Å²) in [4.78, 5) is 0. The van der Waals surface area contributed by atoms with E-state index in [0.29, 0.717) is 0 Å². The van der Waals surface area contributed by atoms with Crippen LogP contribution in [0.3, 0.4) is 0 Å². The number of benzene rings is 2. The van der Waals surface area contributed by atoms with Crippen LogP contribution in [0.15, 0.2) is 42.5 Å². The summed E-state index contributed by atoms with van der Waals surface area (Å²) in [6.45, 7) is 5.51. The van der Waals surface area contributed by atoms with Gasteiger partial charge in [0.05, 0.1) is 0 Å². The molecule has 0 atom stereocenters. The van der Waals surface area contributed by atoms with E-state index in [9.17, 15) is 0 Å². The lowest BCUT2D eigenvalue weighted by molar-refractivity contribution is 0.660. The van der Waals surface area contributed by atoms with E-state index in [1.807, 2.05) is 0 Å². The van der Waals surface area contributed by atoms with Gasteiger partial charge in [-0.1, -0.05) is 44.2 Å². The first kappa shape index (κ1) is 12.6. The van der Waals surface area contributed by atoms with E-state index < -0.39 is 0 Å². The van der Waals surface area contributed by atoms with Gasteiger partial charge < -0.3 is 5.32 Å². The highest BCUT2D eigenvalue weighted by Gasteiger charge is 2.34. The molecule has 0 unspecified atom stereocenters. The van der Waals surface area contributed by atoms with E-state index in [2.05, 4.69) is 74.3 Å². The maximum Gasteiger partial charge on any atom is 0.0343 e. The number of nitrogens with one attached hydrogen (secondary N) is 1. The fourth-order valence-electron chi connectivity index (χ4n) is 3.01. The van der Waals surface area contributed by atoms with Crippen LogP contribution in [0, 0.1) is 0 Å². The number of anilines is 1. The van der Waals surface area contributed by atoms with Crippen LogP contribution >= 0.6 is 12.6 Å². The summed E-state index contributed by atoms with van der Waals surface area (Å²) in [6, 6.07) is 15.4. The normalized spacial score (nSPS) is 14.9. The zero-order valence-electron chi connectivity index (χ0n) is 11.4. The summed E-state index contributed by atoms with van der Waals surface area (Å²) in [5.41, 5.74) is 6.87. The van der Waals surface area contributed by atoms with Crippen LogP contribution in [-0.4, -0.2) is 12.3 Å². The Hall–Kier alpha value is -1.41. The highest BCUT2D eigenvalue weighted by Crippen LogP contribution is 2.49. The van der Waals surface area contributed by atoms with Crippen molar-refractivity contribution in [3.63, 3.8) is 0 Å². The molecular formula is C17H19NS. The molecule has 0 amide bonds.